The van der Waals surface area contributed by atoms with Crippen molar-refractivity contribution in [1.82, 2.24) is 4.90 Å². The molecule has 1 aromatic carbocycles. The summed E-state index contributed by atoms with van der Waals surface area (Å²) in [5.74, 6) is 1.92. The average molecular weight is 411 g/mol. The third-order valence-corrected chi connectivity index (χ3v) is 5.80. The highest BCUT2D eigenvalue weighted by Gasteiger charge is 2.32. The number of urea groups is 1. The van der Waals surface area contributed by atoms with Crippen molar-refractivity contribution in [2.24, 2.45) is 5.92 Å². The van der Waals surface area contributed by atoms with E-state index in [1.54, 1.807) is 20.3 Å². The summed E-state index contributed by atoms with van der Waals surface area (Å²) < 4.78 is 11.4. The molecule has 3 rings (SSSR count). The van der Waals surface area contributed by atoms with Crippen LogP contribution in [0.2, 0.25) is 0 Å². The minimum atomic E-state index is -0.00767. The lowest BCUT2D eigenvalue weighted by molar-refractivity contribution is 0.163. The van der Waals surface area contributed by atoms with E-state index in [1.165, 1.54) is 32.1 Å². The number of nitrogens with one attached hydrogen (secondary N) is 1. The maximum absolute atomic E-state index is 13.0. The van der Waals surface area contributed by atoms with E-state index in [4.69, 9.17) is 9.47 Å². The van der Waals surface area contributed by atoms with Gasteiger partial charge in [-0.05, 0) is 47.5 Å². The van der Waals surface area contributed by atoms with Gasteiger partial charge in [-0.25, -0.2) is 4.79 Å². The summed E-state index contributed by atoms with van der Waals surface area (Å²) in [4.78, 5) is 15.1. The van der Waals surface area contributed by atoms with E-state index in [0.717, 1.165) is 23.9 Å². The molecule has 1 aromatic rings. The number of hydrogen-bond acceptors (Lipinski definition) is 3. The van der Waals surface area contributed by atoms with Crippen LogP contribution in [0.25, 0.3) is 0 Å². The van der Waals surface area contributed by atoms with Crippen LogP contribution in [0.4, 0.5) is 10.5 Å². The summed E-state index contributed by atoms with van der Waals surface area (Å²) in [5.41, 5.74) is 0.708. The molecule has 0 aromatic heterocycles. The van der Waals surface area contributed by atoms with Gasteiger partial charge in [0.2, 0.25) is 0 Å². The van der Waals surface area contributed by atoms with Crippen molar-refractivity contribution in [2.45, 2.75) is 51.0 Å². The number of anilines is 1. The first-order valence-electron chi connectivity index (χ1n) is 9.11. The fraction of sp³-hybridized carbons (Fsp3) is 0.632. The largest absolute Gasteiger partial charge is 0.493 e. The van der Waals surface area contributed by atoms with Gasteiger partial charge in [0.1, 0.15) is 0 Å². The Labute approximate surface area is 158 Å². The number of hydrogen-bond donors (Lipinski definition) is 1. The summed E-state index contributed by atoms with van der Waals surface area (Å²) in [6.45, 7) is 0.876. The van der Waals surface area contributed by atoms with Crippen molar-refractivity contribution in [3.8, 4) is 11.5 Å². The first-order valence-corrected chi connectivity index (χ1v) is 9.90. The summed E-state index contributed by atoms with van der Waals surface area (Å²) in [5, 5.41) is 3.07. The molecular weight excluding hydrogens is 384 g/mol. The van der Waals surface area contributed by atoms with Crippen LogP contribution in [0.15, 0.2) is 16.6 Å². The molecule has 25 heavy (non-hydrogen) atoms. The van der Waals surface area contributed by atoms with Gasteiger partial charge in [0, 0.05) is 29.2 Å². The van der Waals surface area contributed by atoms with E-state index in [-0.39, 0.29) is 6.03 Å². The summed E-state index contributed by atoms with van der Waals surface area (Å²) in [6, 6.07) is 3.98. The highest BCUT2D eigenvalue weighted by Crippen LogP contribution is 2.37. The Hall–Kier alpha value is -1.43. The standard InChI is InChI=1S/C19H27BrN2O3/c1-24-17-10-15(20)16(11-18(17)25-2)21-19(23)22(12-13-8-9-13)14-6-4-3-5-7-14/h10-11,13-14H,3-9,12H2,1-2H3,(H,21,23). The molecule has 2 fully saturated rings. The number of ether oxygens (including phenoxy) is 2. The number of carbonyl (C=O) groups is 1. The third-order valence-electron chi connectivity index (χ3n) is 5.14. The Morgan fingerprint density at radius 2 is 1.76 bits per heavy atom. The van der Waals surface area contributed by atoms with Crippen LogP contribution in [0, 0.1) is 5.92 Å². The molecule has 1 N–H and O–H groups in total. The van der Waals surface area contributed by atoms with Crippen molar-refractivity contribution >= 4 is 27.6 Å². The van der Waals surface area contributed by atoms with Gasteiger partial charge in [-0.15, -0.1) is 0 Å². The van der Waals surface area contributed by atoms with Crippen LogP contribution in [0.5, 0.6) is 11.5 Å². The van der Waals surface area contributed by atoms with Gasteiger partial charge in [0.25, 0.3) is 0 Å². The zero-order chi connectivity index (χ0) is 17.8. The molecule has 0 unspecified atom stereocenters. The molecule has 0 bridgehead atoms. The molecule has 0 aliphatic heterocycles. The zero-order valence-corrected chi connectivity index (χ0v) is 16.6. The predicted octanol–water partition coefficient (Wildman–Crippen LogP) is 5.04. The number of amides is 2. The van der Waals surface area contributed by atoms with Crippen LogP contribution in [-0.4, -0.2) is 37.7 Å². The number of carbonyl (C=O) groups excluding carboxylic acids is 1. The van der Waals surface area contributed by atoms with Crippen LogP contribution in [0.1, 0.15) is 44.9 Å². The number of halogens is 1. The lowest BCUT2D eigenvalue weighted by Crippen LogP contribution is -2.45. The average Bonchev–Trinajstić information content (AvgIpc) is 3.45. The number of nitrogens with zero attached hydrogens (tertiary/aromatic N) is 1. The molecule has 0 atom stereocenters. The Balaban J connectivity index is 1.75. The summed E-state index contributed by atoms with van der Waals surface area (Å²) in [7, 11) is 3.20. The Morgan fingerprint density at radius 3 is 2.36 bits per heavy atom. The van der Waals surface area contributed by atoms with E-state index in [2.05, 4.69) is 26.1 Å². The molecule has 6 heteroatoms. The number of rotatable bonds is 6. The second kappa shape index (κ2) is 8.30. The Bertz CT molecular complexity index is 613. The van der Waals surface area contributed by atoms with Crippen molar-refractivity contribution in [2.75, 3.05) is 26.1 Å². The zero-order valence-electron chi connectivity index (χ0n) is 15.0. The molecule has 2 amide bonds. The van der Waals surface area contributed by atoms with Crippen molar-refractivity contribution in [1.29, 1.82) is 0 Å². The summed E-state index contributed by atoms with van der Waals surface area (Å²) >= 11 is 3.52. The topological polar surface area (TPSA) is 50.8 Å². The molecule has 5 nitrogen and oxygen atoms in total. The molecule has 2 aliphatic rings. The maximum Gasteiger partial charge on any atom is 0.322 e. The minimum absolute atomic E-state index is 0.00767. The number of methoxy groups -OCH3 is 2. The molecule has 138 valence electrons. The molecule has 0 saturated heterocycles. The molecule has 2 saturated carbocycles. The van der Waals surface area contributed by atoms with Gasteiger partial charge in [-0.1, -0.05) is 19.3 Å². The van der Waals surface area contributed by atoms with Crippen LogP contribution in [-0.2, 0) is 0 Å². The van der Waals surface area contributed by atoms with Gasteiger partial charge in [-0.2, -0.15) is 0 Å². The monoisotopic (exact) mass is 410 g/mol. The molecule has 2 aliphatic carbocycles. The van der Waals surface area contributed by atoms with Crippen molar-refractivity contribution in [3.05, 3.63) is 16.6 Å². The fourth-order valence-electron chi connectivity index (χ4n) is 3.51. The van der Waals surface area contributed by atoms with Gasteiger partial charge in [0.15, 0.2) is 11.5 Å². The van der Waals surface area contributed by atoms with E-state index < -0.39 is 0 Å². The minimum Gasteiger partial charge on any atom is -0.493 e. The van der Waals surface area contributed by atoms with E-state index in [1.807, 2.05) is 6.07 Å². The molecule has 0 radical (unpaired) electrons. The molecular formula is C19H27BrN2O3. The van der Waals surface area contributed by atoms with Crippen molar-refractivity contribution in [3.63, 3.8) is 0 Å². The quantitative estimate of drug-likeness (QED) is 0.713. The van der Waals surface area contributed by atoms with E-state index in [9.17, 15) is 4.79 Å². The lowest BCUT2D eigenvalue weighted by Gasteiger charge is -2.34. The first-order chi connectivity index (χ1) is 12.1. The number of benzene rings is 1. The first kappa shape index (κ1) is 18.4. The van der Waals surface area contributed by atoms with Crippen molar-refractivity contribution < 1.29 is 14.3 Å². The second-order valence-corrected chi connectivity index (χ2v) is 7.86. The van der Waals surface area contributed by atoms with Gasteiger partial charge >= 0.3 is 6.03 Å². The Morgan fingerprint density at radius 1 is 1.12 bits per heavy atom. The van der Waals surface area contributed by atoms with Crippen LogP contribution in [0.3, 0.4) is 0 Å². The maximum atomic E-state index is 13.0. The smallest absolute Gasteiger partial charge is 0.322 e. The predicted molar refractivity (Wildman–Crippen MR) is 103 cm³/mol. The molecule has 0 heterocycles. The lowest BCUT2D eigenvalue weighted by atomic mass is 9.94. The summed E-state index contributed by atoms with van der Waals surface area (Å²) in [6.07, 6.45) is 8.46. The van der Waals surface area contributed by atoms with Crippen LogP contribution < -0.4 is 14.8 Å². The van der Waals surface area contributed by atoms with E-state index in [0.29, 0.717) is 29.1 Å². The normalized spacial score (nSPS) is 17.9. The fourth-order valence-corrected chi connectivity index (χ4v) is 3.93. The molecule has 0 spiro atoms. The van der Waals surface area contributed by atoms with Gasteiger partial charge in [-0.3, -0.25) is 0 Å². The van der Waals surface area contributed by atoms with Gasteiger partial charge < -0.3 is 19.7 Å². The van der Waals surface area contributed by atoms with E-state index >= 15 is 0 Å². The van der Waals surface area contributed by atoms with Gasteiger partial charge in [0.05, 0.1) is 19.9 Å². The SMILES string of the molecule is COc1cc(Br)c(NC(=O)N(CC2CC2)C2CCCCC2)cc1OC. The third kappa shape index (κ3) is 4.60. The highest BCUT2D eigenvalue weighted by atomic mass is 79.9. The second-order valence-electron chi connectivity index (χ2n) is 7.00. The Kier molecular flexibility index (Phi) is 6.10. The highest BCUT2D eigenvalue weighted by molar-refractivity contribution is 9.10. The van der Waals surface area contributed by atoms with Crippen LogP contribution >= 0.6 is 15.9 Å².